The van der Waals surface area contributed by atoms with E-state index in [2.05, 4.69) is 17.6 Å². The van der Waals surface area contributed by atoms with Gasteiger partial charge in [0.1, 0.15) is 0 Å². The number of carbonyl (C=O) groups is 1. The van der Waals surface area contributed by atoms with E-state index >= 15 is 0 Å². The van der Waals surface area contributed by atoms with E-state index in [-0.39, 0.29) is 5.91 Å². The van der Waals surface area contributed by atoms with Crippen molar-refractivity contribution < 1.29 is 4.79 Å². The van der Waals surface area contributed by atoms with E-state index in [1.54, 1.807) is 11.3 Å². The Morgan fingerprint density at radius 2 is 2.05 bits per heavy atom. The van der Waals surface area contributed by atoms with Gasteiger partial charge in [0.05, 0.1) is 15.0 Å². The van der Waals surface area contributed by atoms with Gasteiger partial charge in [0.15, 0.2) is 0 Å². The highest BCUT2D eigenvalue weighted by molar-refractivity contribution is 7.16. The molecular formula is C16H18Cl2N2OS. The number of benzene rings is 1. The SMILES string of the molecule is CCCCC(=O)Nc1ccc(NCc2ccc(Cl)s2)cc1Cl. The summed E-state index contributed by atoms with van der Waals surface area (Å²) in [6.45, 7) is 2.75. The number of amides is 1. The minimum Gasteiger partial charge on any atom is -0.380 e. The zero-order valence-corrected chi connectivity index (χ0v) is 14.6. The molecule has 1 amide bonds. The summed E-state index contributed by atoms with van der Waals surface area (Å²) in [6, 6.07) is 9.40. The van der Waals surface area contributed by atoms with Crippen LogP contribution in [0.15, 0.2) is 30.3 Å². The number of halogens is 2. The first-order valence-corrected chi connectivity index (χ1v) is 8.73. The Bertz CT molecular complexity index is 643. The maximum atomic E-state index is 11.7. The number of carbonyl (C=O) groups excluding carboxylic acids is 1. The molecule has 0 fully saturated rings. The van der Waals surface area contributed by atoms with Gasteiger partial charge in [0, 0.05) is 23.5 Å². The fraction of sp³-hybridized carbons (Fsp3) is 0.312. The highest BCUT2D eigenvalue weighted by Gasteiger charge is 2.06. The lowest BCUT2D eigenvalue weighted by molar-refractivity contribution is -0.116. The summed E-state index contributed by atoms with van der Waals surface area (Å²) in [4.78, 5) is 12.9. The predicted octanol–water partition coefficient (Wildman–Crippen LogP) is 5.80. The average molecular weight is 357 g/mol. The minimum absolute atomic E-state index is 0.00214. The molecule has 1 aromatic heterocycles. The highest BCUT2D eigenvalue weighted by Crippen LogP contribution is 2.27. The summed E-state index contributed by atoms with van der Waals surface area (Å²) >= 11 is 13.7. The maximum absolute atomic E-state index is 11.7. The van der Waals surface area contributed by atoms with Crippen LogP contribution in [0.4, 0.5) is 11.4 Å². The zero-order valence-electron chi connectivity index (χ0n) is 12.3. The maximum Gasteiger partial charge on any atom is 0.224 e. The standard InChI is InChI=1S/C16H18Cl2N2OS/c1-2-3-4-16(21)20-14-7-5-11(9-13(14)17)19-10-12-6-8-15(18)22-12/h5-9,19H,2-4,10H2,1H3,(H,20,21). The van der Waals surface area contributed by atoms with Gasteiger partial charge in [0.2, 0.25) is 5.91 Å². The van der Waals surface area contributed by atoms with Crippen LogP contribution in [-0.4, -0.2) is 5.91 Å². The van der Waals surface area contributed by atoms with Crippen molar-refractivity contribution in [3.63, 3.8) is 0 Å². The van der Waals surface area contributed by atoms with E-state index in [4.69, 9.17) is 23.2 Å². The molecule has 0 unspecified atom stereocenters. The Hall–Kier alpha value is -1.23. The normalized spacial score (nSPS) is 10.5. The van der Waals surface area contributed by atoms with E-state index < -0.39 is 0 Å². The van der Waals surface area contributed by atoms with E-state index in [9.17, 15) is 4.79 Å². The molecule has 2 aromatic rings. The summed E-state index contributed by atoms with van der Waals surface area (Å²) < 4.78 is 0.778. The molecule has 0 aliphatic heterocycles. The molecule has 118 valence electrons. The van der Waals surface area contributed by atoms with Crippen LogP contribution in [0.25, 0.3) is 0 Å². The third kappa shape index (κ3) is 5.20. The first-order chi connectivity index (χ1) is 10.6. The Balaban J connectivity index is 1.92. The first kappa shape index (κ1) is 17.1. The molecule has 0 spiro atoms. The lowest BCUT2D eigenvalue weighted by Crippen LogP contribution is -2.11. The van der Waals surface area contributed by atoms with Crippen molar-refractivity contribution in [2.75, 3.05) is 10.6 Å². The number of unbranched alkanes of at least 4 members (excludes halogenated alkanes) is 1. The molecule has 22 heavy (non-hydrogen) atoms. The Morgan fingerprint density at radius 3 is 2.68 bits per heavy atom. The fourth-order valence-electron chi connectivity index (χ4n) is 1.91. The summed E-state index contributed by atoms with van der Waals surface area (Å²) in [5.41, 5.74) is 1.55. The van der Waals surface area contributed by atoms with Gasteiger partial charge in [-0.3, -0.25) is 4.79 Å². The number of hydrogen-bond donors (Lipinski definition) is 2. The molecule has 0 aliphatic carbocycles. The number of nitrogens with one attached hydrogen (secondary N) is 2. The van der Waals surface area contributed by atoms with Crippen LogP contribution in [0.1, 0.15) is 31.1 Å². The topological polar surface area (TPSA) is 41.1 Å². The monoisotopic (exact) mass is 356 g/mol. The van der Waals surface area contributed by atoms with Crippen molar-refractivity contribution in [2.45, 2.75) is 32.7 Å². The van der Waals surface area contributed by atoms with E-state index in [1.807, 2.05) is 30.3 Å². The molecule has 2 rings (SSSR count). The number of rotatable bonds is 7. The number of thiophene rings is 1. The number of hydrogen-bond acceptors (Lipinski definition) is 3. The van der Waals surface area contributed by atoms with Crippen LogP contribution in [0, 0.1) is 0 Å². The quantitative estimate of drug-likeness (QED) is 0.658. The highest BCUT2D eigenvalue weighted by atomic mass is 35.5. The van der Waals surface area contributed by atoms with Crippen molar-refractivity contribution in [3.05, 3.63) is 44.6 Å². The molecule has 0 atom stereocenters. The largest absolute Gasteiger partial charge is 0.380 e. The minimum atomic E-state index is -0.00214. The van der Waals surface area contributed by atoms with Crippen molar-refractivity contribution >= 4 is 51.8 Å². The molecular weight excluding hydrogens is 339 g/mol. The van der Waals surface area contributed by atoms with Crippen LogP contribution in [0.3, 0.4) is 0 Å². The fourth-order valence-corrected chi connectivity index (χ4v) is 3.17. The van der Waals surface area contributed by atoms with Gasteiger partial charge in [-0.25, -0.2) is 0 Å². The molecule has 2 N–H and O–H groups in total. The van der Waals surface area contributed by atoms with Crippen LogP contribution in [-0.2, 0) is 11.3 Å². The molecule has 0 aliphatic rings. The lowest BCUT2D eigenvalue weighted by atomic mass is 10.2. The summed E-state index contributed by atoms with van der Waals surface area (Å²) in [5.74, 6) is -0.00214. The molecule has 0 saturated carbocycles. The van der Waals surface area contributed by atoms with Crippen LogP contribution in [0.5, 0.6) is 0 Å². The Morgan fingerprint density at radius 1 is 1.23 bits per heavy atom. The van der Waals surface area contributed by atoms with Gasteiger partial charge < -0.3 is 10.6 Å². The van der Waals surface area contributed by atoms with Gasteiger partial charge in [-0.2, -0.15) is 0 Å². The second kappa shape index (κ2) is 8.42. The van der Waals surface area contributed by atoms with Gasteiger partial charge in [-0.1, -0.05) is 36.5 Å². The lowest BCUT2D eigenvalue weighted by Gasteiger charge is -2.10. The van der Waals surface area contributed by atoms with Crippen molar-refractivity contribution in [3.8, 4) is 0 Å². The Kier molecular flexibility index (Phi) is 6.55. The van der Waals surface area contributed by atoms with Crippen LogP contribution < -0.4 is 10.6 Å². The third-order valence-electron chi connectivity index (χ3n) is 3.10. The number of anilines is 2. The van der Waals surface area contributed by atoms with Crippen molar-refractivity contribution in [2.24, 2.45) is 0 Å². The molecule has 1 heterocycles. The molecule has 0 radical (unpaired) electrons. The van der Waals surface area contributed by atoms with Crippen molar-refractivity contribution in [1.82, 2.24) is 0 Å². The second-order valence-corrected chi connectivity index (χ2v) is 7.11. The van der Waals surface area contributed by atoms with Crippen molar-refractivity contribution in [1.29, 1.82) is 0 Å². The predicted molar refractivity (Wildman–Crippen MR) is 96.3 cm³/mol. The average Bonchev–Trinajstić information content (AvgIpc) is 2.91. The van der Waals surface area contributed by atoms with Crippen LogP contribution in [0.2, 0.25) is 9.36 Å². The van der Waals surface area contributed by atoms with E-state index in [1.165, 1.54) is 0 Å². The zero-order chi connectivity index (χ0) is 15.9. The first-order valence-electron chi connectivity index (χ1n) is 7.16. The second-order valence-electron chi connectivity index (χ2n) is 4.91. The van der Waals surface area contributed by atoms with Gasteiger partial charge in [-0.05, 0) is 36.8 Å². The van der Waals surface area contributed by atoms with Gasteiger partial charge in [0.25, 0.3) is 0 Å². The molecule has 3 nitrogen and oxygen atoms in total. The van der Waals surface area contributed by atoms with E-state index in [0.717, 1.165) is 27.7 Å². The molecule has 0 saturated heterocycles. The Labute approximate surface area is 144 Å². The van der Waals surface area contributed by atoms with Gasteiger partial charge in [-0.15, -0.1) is 11.3 Å². The molecule has 0 bridgehead atoms. The summed E-state index contributed by atoms with van der Waals surface area (Å²) in [6.07, 6.45) is 2.40. The summed E-state index contributed by atoms with van der Waals surface area (Å²) in [5, 5.41) is 6.65. The van der Waals surface area contributed by atoms with Crippen LogP contribution >= 0.6 is 34.5 Å². The smallest absolute Gasteiger partial charge is 0.224 e. The molecule has 1 aromatic carbocycles. The summed E-state index contributed by atoms with van der Waals surface area (Å²) in [7, 11) is 0. The van der Waals surface area contributed by atoms with E-state index in [0.29, 0.717) is 23.7 Å². The van der Waals surface area contributed by atoms with Gasteiger partial charge >= 0.3 is 0 Å². The molecule has 6 heteroatoms. The third-order valence-corrected chi connectivity index (χ3v) is 4.64.